The first-order valence-electron chi connectivity index (χ1n) is 5.05. The number of amides is 1. The number of hydrogen-bond donors (Lipinski definition) is 2. The second-order valence-corrected chi connectivity index (χ2v) is 3.53. The summed E-state index contributed by atoms with van der Waals surface area (Å²) in [4.78, 5) is 26.1. The van der Waals surface area contributed by atoms with E-state index in [-0.39, 0.29) is 12.5 Å². The number of aliphatic carboxylic acids is 1. The Morgan fingerprint density at radius 3 is 2.88 bits per heavy atom. The van der Waals surface area contributed by atoms with Crippen molar-refractivity contribution < 1.29 is 19.4 Å². The van der Waals surface area contributed by atoms with Crippen LogP contribution in [-0.4, -0.2) is 35.6 Å². The van der Waals surface area contributed by atoms with Gasteiger partial charge in [0, 0.05) is 12.7 Å². The monoisotopic (exact) mass is 238 g/mol. The highest BCUT2D eigenvalue weighted by Crippen LogP contribution is 2.15. The van der Waals surface area contributed by atoms with Gasteiger partial charge in [-0.15, -0.1) is 0 Å². The molecule has 0 spiro atoms. The van der Waals surface area contributed by atoms with Crippen molar-refractivity contribution in [2.24, 2.45) is 5.92 Å². The number of carboxylic acids is 1. The first-order chi connectivity index (χ1) is 8.06. The molecule has 0 saturated heterocycles. The zero-order chi connectivity index (χ0) is 12.8. The lowest BCUT2D eigenvalue weighted by molar-refractivity contribution is -0.140. The molecule has 17 heavy (non-hydrogen) atoms. The van der Waals surface area contributed by atoms with Gasteiger partial charge in [0.05, 0.1) is 24.8 Å². The van der Waals surface area contributed by atoms with Crippen molar-refractivity contribution in [2.45, 2.75) is 6.92 Å². The predicted octanol–water partition coefficient (Wildman–Crippen LogP) is 0.541. The molecule has 0 aliphatic carbocycles. The summed E-state index contributed by atoms with van der Waals surface area (Å²) in [5.41, 5.74) is 0.333. The Labute approximate surface area is 98.6 Å². The van der Waals surface area contributed by atoms with Crippen LogP contribution in [0.25, 0.3) is 0 Å². The summed E-state index contributed by atoms with van der Waals surface area (Å²) in [5.74, 6) is -1.61. The molecule has 1 aromatic heterocycles. The molecule has 0 bridgehead atoms. The van der Waals surface area contributed by atoms with E-state index >= 15 is 0 Å². The van der Waals surface area contributed by atoms with E-state index in [9.17, 15) is 9.59 Å². The van der Waals surface area contributed by atoms with Gasteiger partial charge < -0.3 is 15.2 Å². The van der Waals surface area contributed by atoms with Crippen molar-refractivity contribution in [3.05, 3.63) is 24.0 Å². The van der Waals surface area contributed by atoms with Crippen LogP contribution in [0.3, 0.4) is 0 Å². The number of carbonyl (C=O) groups excluding carboxylic acids is 1. The molecule has 0 aliphatic rings. The quantitative estimate of drug-likeness (QED) is 0.781. The molecule has 92 valence electrons. The molecule has 0 aromatic carbocycles. The van der Waals surface area contributed by atoms with E-state index in [0.29, 0.717) is 11.3 Å². The Hall–Kier alpha value is -2.11. The molecule has 1 aromatic rings. The number of pyridine rings is 1. The number of carbonyl (C=O) groups is 2. The third-order valence-electron chi connectivity index (χ3n) is 2.24. The maximum atomic E-state index is 11.7. The average molecular weight is 238 g/mol. The Morgan fingerprint density at radius 2 is 2.29 bits per heavy atom. The maximum Gasteiger partial charge on any atom is 0.308 e. The van der Waals surface area contributed by atoms with E-state index in [0.717, 1.165) is 0 Å². The highest BCUT2D eigenvalue weighted by molar-refractivity contribution is 5.96. The highest BCUT2D eigenvalue weighted by Gasteiger charge is 2.15. The van der Waals surface area contributed by atoms with Crippen molar-refractivity contribution >= 4 is 11.9 Å². The molecule has 1 atom stereocenters. The van der Waals surface area contributed by atoms with Crippen molar-refractivity contribution in [2.75, 3.05) is 13.7 Å². The standard InChI is InChI=1S/C11H14N2O4/c1-7(11(15)16)5-13-10(14)8-3-4-12-6-9(8)17-2/h3-4,6-7H,5H2,1-2H3,(H,13,14)(H,15,16). The molecule has 1 heterocycles. The van der Waals surface area contributed by atoms with Crippen LogP contribution in [0.4, 0.5) is 0 Å². The number of methoxy groups -OCH3 is 1. The highest BCUT2D eigenvalue weighted by atomic mass is 16.5. The molecule has 0 aliphatic heterocycles. The number of nitrogens with one attached hydrogen (secondary N) is 1. The lowest BCUT2D eigenvalue weighted by Crippen LogP contribution is -2.31. The fraction of sp³-hybridized carbons (Fsp3) is 0.364. The molecule has 6 nitrogen and oxygen atoms in total. The van der Waals surface area contributed by atoms with Gasteiger partial charge in [-0.2, -0.15) is 0 Å². The molecule has 1 unspecified atom stereocenters. The Kier molecular flexibility index (Phi) is 4.45. The molecule has 0 radical (unpaired) electrons. The third kappa shape index (κ3) is 3.44. The first-order valence-corrected chi connectivity index (χ1v) is 5.05. The van der Waals surface area contributed by atoms with Crippen LogP contribution in [0.2, 0.25) is 0 Å². The summed E-state index contributed by atoms with van der Waals surface area (Å²) < 4.78 is 4.98. The van der Waals surface area contributed by atoms with Crippen LogP contribution in [0, 0.1) is 5.92 Å². The van der Waals surface area contributed by atoms with E-state index in [1.165, 1.54) is 32.5 Å². The lowest BCUT2D eigenvalue weighted by Gasteiger charge is -2.10. The SMILES string of the molecule is COc1cnccc1C(=O)NCC(C)C(=O)O. The van der Waals surface area contributed by atoms with Gasteiger partial charge in [-0.1, -0.05) is 6.92 Å². The van der Waals surface area contributed by atoms with E-state index in [2.05, 4.69) is 10.3 Å². The van der Waals surface area contributed by atoms with Crippen molar-refractivity contribution in [3.63, 3.8) is 0 Å². The van der Waals surface area contributed by atoms with Crippen LogP contribution < -0.4 is 10.1 Å². The fourth-order valence-corrected chi connectivity index (χ4v) is 1.16. The van der Waals surface area contributed by atoms with Gasteiger partial charge in [0.1, 0.15) is 5.75 Å². The average Bonchev–Trinajstić information content (AvgIpc) is 2.35. The molecule has 2 N–H and O–H groups in total. The Morgan fingerprint density at radius 1 is 1.59 bits per heavy atom. The summed E-state index contributed by atoms with van der Waals surface area (Å²) in [5, 5.41) is 11.2. The van der Waals surface area contributed by atoms with Gasteiger partial charge in [0.2, 0.25) is 0 Å². The van der Waals surface area contributed by atoms with Gasteiger partial charge in [-0.3, -0.25) is 14.6 Å². The number of nitrogens with zero attached hydrogens (tertiary/aromatic N) is 1. The van der Waals surface area contributed by atoms with Crippen molar-refractivity contribution in [1.82, 2.24) is 10.3 Å². The van der Waals surface area contributed by atoms with Gasteiger partial charge in [0.15, 0.2) is 0 Å². The summed E-state index contributed by atoms with van der Waals surface area (Å²) >= 11 is 0. The van der Waals surface area contributed by atoms with Crippen LogP contribution in [0.1, 0.15) is 17.3 Å². The second-order valence-electron chi connectivity index (χ2n) is 3.53. The molecule has 1 rings (SSSR count). The normalized spacial score (nSPS) is 11.6. The second kappa shape index (κ2) is 5.83. The number of rotatable bonds is 5. The largest absolute Gasteiger partial charge is 0.494 e. The first kappa shape index (κ1) is 13.0. The topological polar surface area (TPSA) is 88.5 Å². The Bertz CT molecular complexity index is 420. The van der Waals surface area contributed by atoms with E-state index < -0.39 is 11.9 Å². The Balaban J connectivity index is 2.67. The van der Waals surface area contributed by atoms with Crippen LogP contribution in [0.15, 0.2) is 18.5 Å². The zero-order valence-corrected chi connectivity index (χ0v) is 9.64. The molecule has 0 fully saturated rings. The molecule has 1 amide bonds. The predicted molar refractivity (Wildman–Crippen MR) is 59.9 cm³/mol. The van der Waals surface area contributed by atoms with Gasteiger partial charge in [0.25, 0.3) is 5.91 Å². The smallest absolute Gasteiger partial charge is 0.308 e. The number of aromatic nitrogens is 1. The van der Waals surface area contributed by atoms with Gasteiger partial charge in [-0.05, 0) is 6.07 Å². The van der Waals surface area contributed by atoms with E-state index in [1.54, 1.807) is 0 Å². The number of carboxylic acid groups (broad SMARTS) is 1. The minimum Gasteiger partial charge on any atom is -0.494 e. The van der Waals surface area contributed by atoms with Crippen molar-refractivity contribution in [3.8, 4) is 5.75 Å². The fourth-order valence-electron chi connectivity index (χ4n) is 1.16. The summed E-state index contributed by atoms with van der Waals surface area (Å²) in [6.07, 6.45) is 2.90. The molecule has 0 saturated carbocycles. The van der Waals surface area contributed by atoms with Gasteiger partial charge in [-0.25, -0.2) is 0 Å². The van der Waals surface area contributed by atoms with Crippen LogP contribution >= 0.6 is 0 Å². The maximum absolute atomic E-state index is 11.7. The molecular formula is C11H14N2O4. The van der Waals surface area contributed by atoms with E-state index in [1.807, 2.05) is 0 Å². The molecule has 6 heteroatoms. The number of ether oxygens (including phenoxy) is 1. The molecular weight excluding hydrogens is 224 g/mol. The minimum atomic E-state index is -0.952. The summed E-state index contributed by atoms with van der Waals surface area (Å²) in [7, 11) is 1.44. The minimum absolute atomic E-state index is 0.0691. The number of hydrogen-bond acceptors (Lipinski definition) is 4. The van der Waals surface area contributed by atoms with Gasteiger partial charge >= 0.3 is 5.97 Å². The summed E-state index contributed by atoms with van der Waals surface area (Å²) in [6.45, 7) is 1.59. The zero-order valence-electron chi connectivity index (χ0n) is 9.64. The van der Waals surface area contributed by atoms with Crippen molar-refractivity contribution in [1.29, 1.82) is 0 Å². The lowest BCUT2D eigenvalue weighted by atomic mass is 10.1. The third-order valence-corrected chi connectivity index (χ3v) is 2.24. The van der Waals surface area contributed by atoms with Crippen LogP contribution in [-0.2, 0) is 4.79 Å². The van der Waals surface area contributed by atoms with E-state index in [4.69, 9.17) is 9.84 Å². The van der Waals surface area contributed by atoms with Crippen LogP contribution in [0.5, 0.6) is 5.75 Å². The summed E-state index contributed by atoms with van der Waals surface area (Å²) in [6, 6.07) is 1.51.